The van der Waals surface area contributed by atoms with Gasteiger partial charge in [0.25, 0.3) is 0 Å². The van der Waals surface area contributed by atoms with Gasteiger partial charge < -0.3 is 10.4 Å². The number of aliphatic hydroxyl groups is 1. The van der Waals surface area contributed by atoms with E-state index in [0.29, 0.717) is 6.54 Å². The molecule has 0 bridgehead atoms. The number of nitrogens with one attached hydrogen (secondary N) is 1. The van der Waals surface area contributed by atoms with Crippen molar-refractivity contribution in [1.29, 1.82) is 0 Å². The van der Waals surface area contributed by atoms with Crippen LogP contribution in [0.4, 0.5) is 0 Å². The van der Waals surface area contributed by atoms with Crippen molar-refractivity contribution < 1.29 is 5.11 Å². The van der Waals surface area contributed by atoms with Crippen LogP contribution in [0, 0.1) is 0 Å². The molecule has 2 heterocycles. The summed E-state index contributed by atoms with van der Waals surface area (Å²) in [5, 5.41) is 21.1. The van der Waals surface area contributed by atoms with Crippen LogP contribution in [0.3, 0.4) is 0 Å². The first-order valence-electron chi connectivity index (χ1n) is 4.90. The predicted molar refractivity (Wildman–Crippen MR) is 51.7 cm³/mol. The van der Waals surface area contributed by atoms with Crippen LogP contribution in [-0.4, -0.2) is 32.2 Å². The van der Waals surface area contributed by atoms with Crippen LogP contribution < -0.4 is 5.32 Å². The van der Waals surface area contributed by atoms with Crippen LogP contribution in [0.1, 0.15) is 25.2 Å². The van der Waals surface area contributed by atoms with Gasteiger partial charge in [-0.1, -0.05) is 5.21 Å². The monoisotopic (exact) mass is 196 g/mol. The van der Waals surface area contributed by atoms with Crippen LogP contribution in [0.15, 0.2) is 0 Å². The Bertz CT molecular complexity index is 326. The molecule has 0 fully saturated rings. The number of fused-ring (bicyclic) bond motifs is 1. The largest absolute Gasteiger partial charge is 0.389 e. The van der Waals surface area contributed by atoms with E-state index >= 15 is 0 Å². The summed E-state index contributed by atoms with van der Waals surface area (Å²) in [6.45, 7) is 5.83. The molecule has 78 valence electrons. The van der Waals surface area contributed by atoms with Crippen LogP contribution >= 0.6 is 0 Å². The molecule has 0 saturated heterocycles. The maximum absolute atomic E-state index is 9.69. The highest BCUT2D eigenvalue weighted by Gasteiger charge is 2.21. The second kappa shape index (κ2) is 3.33. The normalized spacial score (nSPS) is 16.8. The predicted octanol–water partition coefficient (Wildman–Crippen LogP) is -0.305. The Kier molecular flexibility index (Phi) is 2.28. The van der Waals surface area contributed by atoms with Gasteiger partial charge in [-0.2, -0.15) is 0 Å². The lowest BCUT2D eigenvalue weighted by Gasteiger charge is -2.19. The first kappa shape index (κ1) is 9.61. The molecule has 14 heavy (non-hydrogen) atoms. The van der Waals surface area contributed by atoms with E-state index in [2.05, 4.69) is 15.6 Å². The topological polar surface area (TPSA) is 63.0 Å². The summed E-state index contributed by atoms with van der Waals surface area (Å²) >= 11 is 0. The zero-order valence-electron chi connectivity index (χ0n) is 8.62. The van der Waals surface area contributed by atoms with Crippen molar-refractivity contribution in [2.24, 2.45) is 0 Å². The first-order valence-corrected chi connectivity index (χ1v) is 4.90. The molecule has 0 aromatic carbocycles. The summed E-state index contributed by atoms with van der Waals surface area (Å²) in [4.78, 5) is 0. The van der Waals surface area contributed by atoms with Crippen LogP contribution in [-0.2, 0) is 19.5 Å². The first-order chi connectivity index (χ1) is 6.56. The fraction of sp³-hybridized carbons (Fsp3) is 0.778. The Hall–Kier alpha value is -0.940. The van der Waals surface area contributed by atoms with Gasteiger partial charge in [0.05, 0.1) is 23.5 Å². The Morgan fingerprint density at radius 3 is 3.07 bits per heavy atom. The van der Waals surface area contributed by atoms with Crippen LogP contribution in [0.5, 0.6) is 0 Å². The Morgan fingerprint density at radius 1 is 1.57 bits per heavy atom. The molecule has 0 unspecified atom stereocenters. The molecule has 1 aliphatic rings. The summed E-state index contributed by atoms with van der Waals surface area (Å²) in [7, 11) is 0. The van der Waals surface area contributed by atoms with E-state index in [9.17, 15) is 5.11 Å². The molecule has 5 nitrogen and oxygen atoms in total. The average Bonchev–Trinajstić information content (AvgIpc) is 2.47. The fourth-order valence-corrected chi connectivity index (χ4v) is 1.69. The van der Waals surface area contributed by atoms with Crippen LogP contribution in [0.2, 0.25) is 0 Å². The molecule has 5 heteroatoms. The molecule has 1 aliphatic heterocycles. The van der Waals surface area contributed by atoms with Crippen molar-refractivity contribution in [2.45, 2.75) is 39.0 Å². The molecule has 0 aliphatic carbocycles. The molecular weight excluding hydrogens is 180 g/mol. The number of hydrogen-bond acceptors (Lipinski definition) is 4. The minimum atomic E-state index is -0.730. The van der Waals surface area contributed by atoms with Gasteiger partial charge in [-0.25, -0.2) is 4.68 Å². The second-order valence-electron chi connectivity index (χ2n) is 4.38. The standard InChI is InChI=1S/C9H16N4O/c1-9(2,14)6-13-8-3-4-10-5-7(8)11-12-13/h10,14H,3-6H2,1-2H3. The quantitative estimate of drug-likeness (QED) is 0.681. The smallest absolute Gasteiger partial charge is 0.0997 e. The maximum atomic E-state index is 9.69. The van der Waals surface area contributed by atoms with E-state index in [0.717, 1.165) is 30.9 Å². The molecule has 0 amide bonds. The molecule has 0 saturated carbocycles. The van der Waals surface area contributed by atoms with E-state index in [4.69, 9.17) is 0 Å². The number of rotatable bonds is 2. The van der Waals surface area contributed by atoms with Gasteiger partial charge in [0, 0.05) is 19.5 Å². The third-order valence-electron chi connectivity index (χ3n) is 2.29. The van der Waals surface area contributed by atoms with Gasteiger partial charge in [0.15, 0.2) is 0 Å². The zero-order chi connectivity index (χ0) is 10.2. The minimum Gasteiger partial charge on any atom is -0.389 e. The zero-order valence-corrected chi connectivity index (χ0v) is 8.62. The van der Waals surface area contributed by atoms with Crippen molar-refractivity contribution in [3.05, 3.63) is 11.4 Å². The number of hydrogen-bond donors (Lipinski definition) is 2. The van der Waals surface area contributed by atoms with Gasteiger partial charge in [-0.3, -0.25) is 0 Å². The molecule has 0 spiro atoms. The Labute approximate surface area is 83.1 Å². The van der Waals surface area contributed by atoms with Crippen molar-refractivity contribution in [3.63, 3.8) is 0 Å². The molecular formula is C9H16N4O. The number of aromatic nitrogens is 3. The lowest BCUT2D eigenvalue weighted by molar-refractivity contribution is 0.0561. The van der Waals surface area contributed by atoms with E-state index in [-0.39, 0.29) is 0 Å². The fourth-order valence-electron chi connectivity index (χ4n) is 1.69. The summed E-state index contributed by atoms with van der Waals surface area (Å²) in [6, 6.07) is 0. The Morgan fingerprint density at radius 2 is 2.36 bits per heavy atom. The summed E-state index contributed by atoms with van der Waals surface area (Å²) in [5.41, 5.74) is 1.44. The van der Waals surface area contributed by atoms with Gasteiger partial charge in [0.2, 0.25) is 0 Å². The SMILES string of the molecule is CC(C)(O)Cn1nnc2c1CCNC2. The van der Waals surface area contributed by atoms with Crippen molar-refractivity contribution in [3.8, 4) is 0 Å². The van der Waals surface area contributed by atoms with Gasteiger partial charge in [-0.05, 0) is 13.8 Å². The molecule has 1 aromatic heterocycles. The van der Waals surface area contributed by atoms with Crippen molar-refractivity contribution in [1.82, 2.24) is 20.3 Å². The molecule has 1 aromatic rings. The van der Waals surface area contributed by atoms with Crippen molar-refractivity contribution >= 4 is 0 Å². The summed E-state index contributed by atoms with van der Waals surface area (Å²) < 4.78 is 1.82. The van der Waals surface area contributed by atoms with E-state index in [1.54, 1.807) is 13.8 Å². The number of nitrogens with zero attached hydrogens (tertiary/aromatic N) is 3. The van der Waals surface area contributed by atoms with Crippen molar-refractivity contribution in [2.75, 3.05) is 6.54 Å². The highest BCUT2D eigenvalue weighted by molar-refractivity contribution is 5.13. The summed E-state index contributed by atoms with van der Waals surface area (Å²) in [5.74, 6) is 0. The van der Waals surface area contributed by atoms with E-state index in [1.807, 2.05) is 4.68 Å². The minimum absolute atomic E-state index is 0.509. The molecule has 0 atom stereocenters. The second-order valence-corrected chi connectivity index (χ2v) is 4.38. The Balaban J connectivity index is 2.22. The highest BCUT2D eigenvalue weighted by atomic mass is 16.3. The van der Waals surface area contributed by atoms with Crippen LogP contribution in [0.25, 0.3) is 0 Å². The third-order valence-corrected chi connectivity index (χ3v) is 2.29. The average molecular weight is 196 g/mol. The van der Waals surface area contributed by atoms with E-state index < -0.39 is 5.60 Å². The lowest BCUT2D eigenvalue weighted by Crippen LogP contribution is -2.30. The van der Waals surface area contributed by atoms with Gasteiger partial charge in [0.1, 0.15) is 0 Å². The van der Waals surface area contributed by atoms with E-state index in [1.165, 1.54) is 0 Å². The van der Waals surface area contributed by atoms with Gasteiger partial charge in [-0.15, -0.1) is 5.10 Å². The summed E-state index contributed by atoms with van der Waals surface area (Å²) in [6.07, 6.45) is 0.943. The lowest BCUT2D eigenvalue weighted by atomic mass is 10.1. The third kappa shape index (κ3) is 1.93. The molecule has 2 rings (SSSR count). The maximum Gasteiger partial charge on any atom is 0.0997 e. The highest BCUT2D eigenvalue weighted by Crippen LogP contribution is 2.13. The molecule has 0 radical (unpaired) electrons. The molecule has 2 N–H and O–H groups in total. The van der Waals surface area contributed by atoms with Gasteiger partial charge >= 0.3 is 0 Å².